The summed E-state index contributed by atoms with van der Waals surface area (Å²) in [5.41, 5.74) is 0.536. The van der Waals surface area contributed by atoms with E-state index in [1.54, 1.807) is 35.5 Å². The quantitative estimate of drug-likeness (QED) is 0.916. The van der Waals surface area contributed by atoms with Crippen molar-refractivity contribution in [2.24, 2.45) is 0 Å². The lowest BCUT2D eigenvalue weighted by atomic mass is 10.2. The Bertz CT molecular complexity index is 578. The molecule has 4 nitrogen and oxygen atoms in total. The summed E-state index contributed by atoms with van der Waals surface area (Å²) in [6.07, 6.45) is 5.10. The molecule has 0 bridgehead atoms. The van der Waals surface area contributed by atoms with Crippen LogP contribution in [0.15, 0.2) is 36.7 Å². The topological polar surface area (TPSA) is 49.0 Å². The van der Waals surface area contributed by atoms with Crippen LogP contribution in [-0.4, -0.2) is 26.8 Å². The highest BCUT2D eigenvalue weighted by atomic mass is 19.1. The van der Waals surface area contributed by atoms with Gasteiger partial charge in [0.05, 0.1) is 0 Å². The molecule has 1 saturated carbocycles. The summed E-state index contributed by atoms with van der Waals surface area (Å²) in [7, 11) is 0. The zero-order chi connectivity index (χ0) is 13.2. The van der Waals surface area contributed by atoms with Crippen LogP contribution in [0.3, 0.4) is 0 Å². The third-order valence-corrected chi connectivity index (χ3v) is 3.25. The summed E-state index contributed by atoms with van der Waals surface area (Å²) in [4.78, 5) is 20.8. The smallest absolute Gasteiger partial charge is 0.290 e. The Kier molecular flexibility index (Phi) is 3.03. The average Bonchev–Trinajstić information content (AvgIpc) is 3.11. The van der Waals surface area contributed by atoms with Gasteiger partial charge in [0.15, 0.2) is 5.82 Å². The Morgan fingerprint density at radius 1 is 1.42 bits per heavy atom. The van der Waals surface area contributed by atoms with E-state index < -0.39 is 0 Å². The van der Waals surface area contributed by atoms with Gasteiger partial charge in [-0.3, -0.25) is 4.79 Å². The number of imidazole rings is 1. The number of hydrogen-bond donors (Lipinski definition) is 1. The predicted molar refractivity (Wildman–Crippen MR) is 67.9 cm³/mol. The van der Waals surface area contributed by atoms with Crippen LogP contribution in [0, 0.1) is 5.82 Å². The van der Waals surface area contributed by atoms with E-state index in [0.717, 1.165) is 12.8 Å². The van der Waals surface area contributed by atoms with Gasteiger partial charge in [-0.2, -0.15) is 0 Å². The Morgan fingerprint density at radius 3 is 2.84 bits per heavy atom. The van der Waals surface area contributed by atoms with Crippen molar-refractivity contribution in [1.82, 2.24) is 14.9 Å². The lowest BCUT2D eigenvalue weighted by Gasteiger charge is -2.21. The number of H-pyrrole nitrogens is 1. The second-order valence-electron chi connectivity index (χ2n) is 4.69. The van der Waals surface area contributed by atoms with Crippen LogP contribution in [0.25, 0.3) is 0 Å². The molecule has 0 unspecified atom stereocenters. The standard InChI is InChI=1S/C14H14FN3O/c15-12-4-2-1-3-10(12)9-18(11-5-6-11)14(19)13-16-7-8-17-13/h1-4,7-8,11H,5-6,9H2,(H,16,17). The van der Waals surface area contributed by atoms with Crippen LogP contribution in [0.4, 0.5) is 4.39 Å². The molecule has 2 aromatic rings. The van der Waals surface area contributed by atoms with Gasteiger partial charge in [-0.15, -0.1) is 0 Å². The first-order chi connectivity index (χ1) is 9.25. The van der Waals surface area contributed by atoms with E-state index in [0.29, 0.717) is 11.4 Å². The zero-order valence-corrected chi connectivity index (χ0v) is 10.3. The number of carbonyl (C=O) groups excluding carboxylic acids is 1. The Morgan fingerprint density at radius 2 is 2.21 bits per heavy atom. The fourth-order valence-corrected chi connectivity index (χ4v) is 2.08. The number of carbonyl (C=O) groups is 1. The minimum absolute atomic E-state index is 0.171. The van der Waals surface area contributed by atoms with E-state index >= 15 is 0 Å². The third kappa shape index (κ3) is 2.50. The molecule has 19 heavy (non-hydrogen) atoms. The van der Waals surface area contributed by atoms with Gasteiger partial charge in [-0.1, -0.05) is 18.2 Å². The van der Waals surface area contributed by atoms with Crippen molar-refractivity contribution in [3.63, 3.8) is 0 Å². The summed E-state index contributed by atoms with van der Waals surface area (Å²) in [6, 6.07) is 6.75. The maximum absolute atomic E-state index is 13.7. The van der Waals surface area contributed by atoms with Gasteiger partial charge in [0.1, 0.15) is 5.82 Å². The maximum Gasteiger partial charge on any atom is 0.290 e. The highest BCUT2D eigenvalue weighted by Crippen LogP contribution is 2.29. The molecule has 1 aromatic heterocycles. The normalized spacial score (nSPS) is 14.4. The number of hydrogen-bond acceptors (Lipinski definition) is 2. The molecule has 1 heterocycles. The van der Waals surface area contributed by atoms with E-state index in [1.807, 2.05) is 0 Å². The predicted octanol–water partition coefficient (Wildman–Crippen LogP) is 2.35. The highest BCUT2D eigenvalue weighted by molar-refractivity contribution is 5.90. The van der Waals surface area contributed by atoms with Crippen molar-refractivity contribution in [2.45, 2.75) is 25.4 Å². The number of halogens is 1. The van der Waals surface area contributed by atoms with Crippen LogP contribution in [-0.2, 0) is 6.54 Å². The number of nitrogens with one attached hydrogen (secondary N) is 1. The highest BCUT2D eigenvalue weighted by Gasteiger charge is 2.34. The lowest BCUT2D eigenvalue weighted by molar-refractivity contribution is 0.0717. The van der Waals surface area contributed by atoms with Crippen LogP contribution >= 0.6 is 0 Å². The monoisotopic (exact) mass is 259 g/mol. The molecule has 0 radical (unpaired) electrons. The summed E-state index contributed by atoms with van der Waals surface area (Å²) in [5, 5.41) is 0. The molecule has 0 saturated heterocycles. The Balaban J connectivity index is 1.82. The SMILES string of the molecule is O=C(c1ncc[nH]1)N(Cc1ccccc1F)C1CC1. The second kappa shape index (κ2) is 4.84. The molecule has 5 heteroatoms. The van der Waals surface area contributed by atoms with Gasteiger partial charge < -0.3 is 9.88 Å². The molecule has 0 atom stereocenters. The largest absolute Gasteiger partial charge is 0.341 e. The van der Waals surface area contributed by atoms with E-state index in [4.69, 9.17) is 0 Å². The maximum atomic E-state index is 13.7. The number of nitrogens with zero attached hydrogens (tertiary/aromatic N) is 2. The van der Waals surface area contributed by atoms with Gasteiger partial charge in [0.2, 0.25) is 0 Å². The van der Waals surface area contributed by atoms with Crippen molar-refractivity contribution in [3.05, 3.63) is 53.9 Å². The summed E-state index contributed by atoms with van der Waals surface area (Å²) < 4.78 is 13.7. The first-order valence-electron chi connectivity index (χ1n) is 6.29. The van der Waals surface area contributed by atoms with Crippen LogP contribution < -0.4 is 0 Å². The summed E-state index contributed by atoms with van der Waals surface area (Å²) in [6.45, 7) is 0.289. The van der Waals surface area contributed by atoms with Gasteiger partial charge in [0.25, 0.3) is 5.91 Å². The molecular weight excluding hydrogens is 245 g/mol. The molecule has 3 rings (SSSR count). The first kappa shape index (κ1) is 11.9. The summed E-state index contributed by atoms with van der Waals surface area (Å²) in [5.74, 6) is -0.139. The van der Waals surface area contributed by atoms with E-state index in [-0.39, 0.29) is 24.3 Å². The van der Waals surface area contributed by atoms with Crippen molar-refractivity contribution in [2.75, 3.05) is 0 Å². The number of rotatable bonds is 4. The van der Waals surface area contributed by atoms with Crippen molar-refractivity contribution >= 4 is 5.91 Å². The fraction of sp³-hybridized carbons (Fsp3) is 0.286. The molecule has 1 aliphatic rings. The average molecular weight is 259 g/mol. The zero-order valence-electron chi connectivity index (χ0n) is 10.3. The van der Waals surface area contributed by atoms with E-state index in [2.05, 4.69) is 9.97 Å². The number of aromatic nitrogens is 2. The molecule has 1 fully saturated rings. The third-order valence-electron chi connectivity index (χ3n) is 3.25. The minimum atomic E-state index is -0.277. The van der Waals surface area contributed by atoms with Crippen LogP contribution in [0.1, 0.15) is 29.0 Å². The van der Waals surface area contributed by atoms with E-state index in [9.17, 15) is 9.18 Å². The van der Waals surface area contributed by atoms with Crippen molar-refractivity contribution in [1.29, 1.82) is 0 Å². The first-order valence-corrected chi connectivity index (χ1v) is 6.29. The fourth-order valence-electron chi connectivity index (χ4n) is 2.08. The number of amides is 1. The second-order valence-corrected chi connectivity index (χ2v) is 4.69. The molecule has 0 aliphatic heterocycles. The molecule has 1 N–H and O–H groups in total. The molecule has 0 spiro atoms. The van der Waals surface area contributed by atoms with Crippen LogP contribution in [0.5, 0.6) is 0 Å². The van der Waals surface area contributed by atoms with Gasteiger partial charge >= 0.3 is 0 Å². The minimum Gasteiger partial charge on any atom is -0.341 e. The van der Waals surface area contributed by atoms with Crippen LogP contribution in [0.2, 0.25) is 0 Å². The Hall–Kier alpha value is -2.17. The molecule has 1 aliphatic carbocycles. The van der Waals surface area contributed by atoms with Gasteiger partial charge in [0, 0.05) is 30.5 Å². The molecular formula is C14H14FN3O. The summed E-state index contributed by atoms with van der Waals surface area (Å²) >= 11 is 0. The van der Waals surface area contributed by atoms with Crippen molar-refractivity contribution in [3.8, 4) is 0 Å². The molecule has 1 amide bonds. The van der Waals surface area contributed by atoms with Gasteiger partial charge in [-0.25, -0.2) is 9.37 Å². The van der Waals surface area contributed by atoms with Gasteiger partial charge in [-0.05, 0) is 18.9 Å². The molecule has 98 valence electrons. The molecule has 1 aromatic carbocycles. The lowest BCUT2D eigenvalue weighted by Crippen LogP contribution is -2.33. The number of benzene rings is 1. The van der Waals surface area contributed by atoms with E-state index in [1.165, 1.54) is 6.07 Å². The number of aromatic amines is 1. The van der Waals surface area contributed by atoms with Crippen molar-refractivity contribution < 1.29 is 9.18 Å². The Labute approximate surface area is 110 Å².